The molecule has 2 aromatic heterocycles. The highest BCUT2D eigenvalue weighted by Gasteiger charge is 2.17. The summed E-state index contributed by atoms with van der Waals surface area (Å²) in [5.41, 5.74) is 8.36. The molecule has 0 spiro atoms. The normalized spacial score (nSPS) is 11.0. The van der Waals surface area contributed by atoms with Crippen LogP contribution < -0.4 is 10.9 Å². The first-order valence-electron chi connectivity index (χ1n) is 8.14. The molecule has 0 saturated carbocycles. The number of hydrazine groups is 1. The first kappa shape index (κ1) is 15.9. The molecule has 2 amide bonds. The molecule has 26 heavy (non-hydrogen) atoms. The Hall–Kier alpha value is -3.61. The van der Waals surface area contributed by atoms with Crippen molar-refractivity contribution in [1.29, 1.82) is 0 Å². The Morgan fingerprint density at radius 1 is 1.04 bits per heavy atom. The average molecular weight is 347 g/mol. The van der Waals surface area contributed by atoms with Crippen LogP contribution in [0, 0.1) is 6.92 Å². The minimum atomic E-state index is -0.476. The van der Waals surface area contributed by atoms with Gasteiger partial charge in [0.2, 0.25) is 0 Å². The van der Waals surface area contributed by atoms with Gasteiger partial charge in [-0.3, -0.25) is 25.5 Å². The molecule has 0 atom stereocenters. The van der Waals surface area contributed by atoms with Gasteiger partial charge in [-0.2, -0.15) is 5.10 Å². The number of aromatic nitrogens is 3. The first-order chi connectivity index (χ1) is 12.5. The van der Waals surface area contributed by atoms with Crippen molar-refractivity contribution in [1.82, 2.24) is 25.6 Å². The Labute approximate surface area is 149 Å². The lowest BCUT2D eigenvalue weighted by Gasteiger charge is -2.05. The maximum absolute atomic E-state index is 12.5. The number of nitrogens with zero attached hydrogens (tertiary/aromatic N) is 2. The third kappa shape index (κ3) is 2.59. The number of benzene rings is 2. The Morgan fingerprint density at radius 3 is 2.65 bits per heavy atom. The zero-order valence-electron chi connectivity index (χ0n) is 14.3. The third-order valence-electron chi connectivity index (χ3n) is 4.36. The molecule has 0 aliphatic heterocycles. The molecule has 0 saturated heterocycles. The van der Waals surface area contributed by atoms with Crippen LogP contribution in [0.5, 0.6) is 0 Å². The molecule has 0 aliphatic rings. The SMILES string of the molecule is Cc1ccc2[nH]nc(C(=O)NNC(=O)c3cn(C)c4ccccc34)c2c1. The number of carbonyl (C=O) groups is 2. The van der Waals surface area contributed by atoms with E-state index in [4.69, 9.17) is 0 Å². The Kier molecular flexibility index (Phi) is 3.69. The predicted molar refractivity (Wildman–Crippen MR) is 98.7 cm³/mol. The molecular weight excluding hydrogens is 330 g/mol. The molecule has 130 valence electrons. The highest BCUT2D eigenvalue weighted by Crippen LogP contribution is 2.20. The van der Waals surface area contributed by atoms with Crippen LogP contribution in [0.4, 0.5) is 0 Å². The summed E-state index contributed by atoms with van der Waals surface area (Å²) in [6.45, 7) is 1.94. The fourth-order valence-corrected chi connectivity index (χ4v) is 3.06. The summed E-state index contributed by atoms with van der Waals surface area (Å²) in [7, 11) is 1.87. The number of para-hydroxylation sites is 1. The van der Waals surface area contributed by atoms with E-state index >= 15 is 0 Å². The molecule has 0 bridgehead atoms. The number of amides is 2. The zero-order chi connectivity index (χ0) is 18.3. The maximum atomic E-state index is 12.5. The summed E-state index contributed by atoms with van der Waals surface area (Å²) in [6, 6.07) is 13.3. The third-order valence-corrected chi connectivity index (χ3v) is 4.36. The van der Waals surface area contributed by atoms with Gasteiger partial charge >= 0.3 is 0 Å². The Bertz CT molecular complexity index is 1160. The largest absolute Gasteiger partial charge is 0.350 e. The van der Waals surface area contributed by atoms with Gasteiger partial charge in [-0.1, -0.05) is 29.8 Å². The molecule has 4 rings (SSSR count). The zero-order valence-corrected chi connectivity index (χ0v) is 14.3. The summed E-state index contributed by atoms with van der Waals surface area (Å²) >= 11 is 0. The second-order valence-corrected chi connectivity index (χ2v) is 6.20. The molecule has 0 radical (unpaired) electrons. The van der Waals surface area contributed by atoms with Crippen molar-refractivity contribution in [2.45, 2.75) is 6.92 Å². The molecule has 7 heteroatoms. The molecule has 0 aliphatic carbocycles. The molecule has 4 aromatic rings. The van der Waals surface area contributed by atoms with Crippen LogP contribution in [-0.4, -0.2) is 26.6 Å². The second-order valence-electron chi connectivity index (χ2n) is 6.20. The number of rotatable bonds is 2. The van der Waals surface area contributed by atoms with E-state index in [0.29, 0.717) is 10.9 Å². The quantitative estimate of drug-likeness (QED) is 0.486. The lowest BCUT2D eigenvalue weighted by Crippen LogP contribution is -2.41. The van der Waals surface area contributed by atoms with Crippen molar-refractivity contribution in [2.24, 2.45) is 7.05 Å². The average Bonchev–Trinajstić information content (AvgIpc) is 3.21. The van der Waals surface area contributed by atoms with Crippen LogP contribution in [0.15, 0.2) is 48.7 Å². The predicted octanol–water partition coefficient (Wildman–Crippen LogP) is 2.44. The molecule has 2 heterocycles. The van der Waals surface area contributed by atoms with Crippen molar-refractivity contribution >= 4 is 33.6 Å². The van der Waals surface area contributed by atoms with Gasteiger partial charge in [0.15, 0.2) is 5.69 Å². The summed E-state index contributed by atoms with van der Waals surface area (Å²) in [4.78, 5) is 24.9. The first-order valence-corrected chi connectivity index (χ1v) is 8.14. The van der Waals surface area contributed by atoms with Crippen molar-refractivity contribution in [2.75, 3.05) is 0 Å². The fraction of sp³-hybridized carbons (Fsp3) is 0.105. The van der Waals surface area contributed by atoms with Gasteiger partial charge in [-0.15, -0.1) is 0 Å². The fourth-order valence-electron chi connectivity index (χ4n) is 3.06. The lowest BCUT2D eigenvalue weighted by atomic mass is 10.1. The molecular formula is C19H17N5O2. The molecule has 2 aromatic carbocycles. The van der Waals surface area contributed by atoms with Crippen LogP contribution in [0.2, 0.25) is 0 Å². The second kappa shape index (κ2) is 6.03. The van der Waals surface area contributed by atoms with E-state index in [1.54, 1.807) is 6.20 Å². The number of fused-ring (bicyclic) bond motifs is 2. The molecule has 7 nitrogen and oxygen atoms in total. The van der Waals surface area contributed by atoms with Gasteiger partial charge in [-0.05, 0) is 25.1 Å². The number of aryl methyl sites for hydroxylation is 2. The Morgan fingerprint density at radius 2 is 1.81 bits per heavy atom. The van der Waals surface area contributed by atoms with E-state index in [1.807, 2.05) is 61.0 Å². The van der Waals surface area contributed by atoms with Crippen molar-refractivity contribution in [3.8, 4) is 0 Å². The summed E-state index contributed by atoms with van der Waals surface area (Å²) in [6.07, 6.45) is 1.74. The molecule has 3 N–H and O–H groups in total. The van der Waals surface area contributed by atoms with E-state index in [-0.39, 0.29) is 11.6 Å². The minimum Gasteiger partial charge on any atom is -0.350 e. The summed E-state index contributed by atoms with van der Waals surface area (Å²) in [5, 5.41) is 8.40. The number of aromatic amines is 1. The minimum absolute atomic E-state index is 0.238. The van der Waals surface area contributed by atoms with Crippen LogP contribution >= 0.6 is 0 Å². The molecule has 0 unspecified atom stereocenters. The van der Waals surface area contributed by atoms with Crippen LogP contribution in [0.1, 0.15) is 26.4 Å². The van der Waals surface area contributed by atoms with Gasteiger partial charge in [0, 0.05) is 29.5 Å². The van der Waals surface area contributed by atoms with Crippen LogP contribution in [0.3, 0.4) is 0 Å². The number of H-pyrrole nitrogens is 1. The van der Waals surface area contributed by atoms with Crippen molar-refractivity contribution in [3.63, 3.8) is 0 Å². The highest BCUT2D eigenvalue weighted by atomic mass is 16.2. The number of nitrogens with one attached hydrogen (secondary N) is 3. The number of hydrogen-bond acceptors (Lipinski definition) is 3. The molecule has 0 fully saturated rings. The lowest BCUT2D eigenvalue weighted by molar-refractivity contribution is 0.0845. The topological polar surface area (TPSA) is 91.8 Å². The standard InChI is InChI=1S/C19H17N5O2/c1-11-7-8-15-13(9-11)17(21-20-15)19(26)23-22-18(25)14-10-24(2)16-6-4-3-5-12(14)16/h3-10H,1-2H3,(H,20,21)(H,22,25)(H,23,26). The van der Waals surface area contributed by atoms with E-state index in [1.165, 1.54) is 0 Å². The van der Waals surface area contributed by atoms with Crippen molar-refractivity contribution in [3.05, 3.63) is 65.5 Å². The van der Waals surface area contributed by atoms with Gasteiger partial charge in [0.1, 0.15) is 0 Å². The number of carbonyl (C=O) groups excluding carboxylic acids is 2. The van der Waals surface area contributed by atoms with Crippen LogP contribution in [-0.2, 0) is 7.05 Å². The van der Waals surface area contributed by atoms with E-state index in [0.717, 1.165) is 22.0 Å². The van der Waals surface area contributed by atoms with Gasteiger partial charge in [0.05, 0.1) is 11.1 Å². The Balaban J connectivity index is 1.55. The van der Waals surface area contributed by atoms with Gasteiger partial charge < -0.3 is 4.57 Å². The van der Waals surface area contributed by atoms with E-state index in [2.05, 4.69) is 21.0 Å². The van der Waals surface area contributed by atoms with E-state index in [9.17, 15) is 9.59 Å². The highest BCUT2D eigenvalue weighted by molar-refractivity contribution is 6.09. The van der Waals surface area contributed by atoms with Crippen LogP contribution in [0.25, 0.3) is 21.8 Å². The smallest absolute Gasteiger partial charge is 0.290 e. The monoisotopic (exact) mass is 347 g/mol. The summed E-state index contributed by atoms with van der Waals surface area (Å²) in [5.74, 6) is -0.860. The van der Waals surface area contributed by atoms with Gasteiger partial charge in [-0.25, -0.2) is 0 Å². The maximum Gasteiger partial charge on any atom is 0.290 e. The van der Waals surface area contributed by atoms with E-state index < -0.39 is 5.91 Å². The summed E-state index contributed by atoms with van der Waals surface area (Å²) < 4.78 is 1.87. The van der Waals surface area contributed by atoms with Crippen molar-refractivity contribution < 1.29 is 9.59 Å². The number of hydrogen-bond donors (Lipinski definition) is 3. The van der Waals surface area contributed by atoms with Gasteiger partial charge in [0.25, 0.3) is 11.8 Å².